The summed E-state index contributed by atoms with van der Waals surface area (Å²) in [5.74, 6) is 1.70. The fourth-order valence-electron chi connectivity index (χ4n) is 2.14. The Labute approximate surface area is 121 Å². The highest BCUT2D eigenvalue weighted by atomic mass is 79.9. The zero-order valence-corrected chi connectivity index (χ0v) is 12.9. The number of hydrogen-bond acceptors (Lipinski definition) is 3. The highest BCUT2D eigenvalue weighted by Gasteiger charge is 2.20. The first kappa shape index (κ1) is 14.1. The summed E-state index contributed by atoms with van der Waals surface area (Å²) >= 11 is 3.37. The minimum Gasteiger partial charge on any atom is -0.496 e. The van der Waals surface area contributed by atoms with E-state index in [4.69, 9.17) is 10.5 Å². The third-order valence-electron chi connectivity index (χ3n) is 3.35. The molecule has 3 N–H and O–H groups in total. The number of nitrogens with one attached hydrogen (secondary N) is 1. The highest BCUT2D eigenvalue weighted by Crippen LogP contribution is 2.32. The van der Waals surface area contributed by atoms with Crippen LogP contribution >= 0.6 is 15.9 Å². The Morgan fingerprint density at radius 2 is 2.05 bits per heavy atom. The van der Waals surface area contributed by atoms with E-state index in [0.717, 1.165) is 21.7 Å². The molecular formula is C14H18BrN3O. The molecule has 5 heteroatoms. The first-order valence-electron chi connectivity index (χ1n) is 6.12. The lowest BCUT2D eigenvalue weighted by atomic mass is 9.94. The van der Waals surface area contributed by atoms with Crippen molar-refractivity contribution in [3.63, 3.8) is 0 Å². The van der Waals surface area contributed by atoms with Crippen molar-refractivity contribution in [3.8, 4) is 5.75 Å². The number of halogens is 1. The van der Waals surface area contributed by atoms with E-state index in [2.05, 4.69) is 45.8 Å². The Hall–Kier alpha value is -1.33. The van der Waals surface area contributed by atoms with Gasteiger partial charge in [0.05, 0.1) is 19.2 Å². The normalized spacial score (nSPS) is 12.5. The van der Waals surface area contributed by atoms with Gasteiger partial charge in [0, 0.05) is 12.1 Å². The molecule has 0 fully saturated rings. The molecule has 2 rings (SSSR count). The van der Waals surface area contributed by atoms with E-state index >= 15 is 0 Å². The summed E-state index contributed by atoms with van der Waals surface area (Å²) in [7, 11) is 1.68. The molecule has 1 unspecified atom stereocenters. The maximum atomic E-state index is 5.93. The second kappa shape index (κ2) is 5.75. The molecule has 4 nitrogen and oxygen atoms in total. The summed E-state index contributed by atoms with van der Waals surface area (Å²) < 4.78 is 6.33. The number of H-pyrrole nitrogens is 1. The first-order valence-corrected chi connectivity index (χ1v) is 6.91. The monoisotopic (exact) mass is 323 g/mol. The molecule has 0 aliphatic heterocycles. The number of benzene rings is 1. The first-order chi connectivity index (χ1) is 9.06. The van der Waals surface area contributed by atoms with Crippen molar-refractivity contribution >= 4 is 15.9 Å². The second-order valence-electron chi connectivity index (χ2n) is 4.58. The highest BCUT2D eigenvalue weighted by molar-refractivity contribution is 9.10. The number of hydrogen-bond donors (Lipinski definition) is 2. The van der Waals surface area contributed by atoms with Crippen LogP contribution in [0.25, 0.3) is 0 Å². The van der Waals surface area contributed by atoms with E-state index in [0.29, 0.717) is 6.54 Å². The summed E-state index contributed by atoms with van der Waals surface area (Å²) in [4.78, 5) is 7.53. The molecule has 0 bridgehead atoms. The van der Waals surface area contributed by atoms with Gasteiger partial charge in [-0.1, -0.05) is 6.07 Å². The van der Waals surface area contributed by atoms with Crippen LogP contribution in [0.2, 0.25) is 0 Å². The van der Waals surface area contributed by atoms with Crippen LogP contribution in [-0.4, -0.2) is 23.6 Å². The molecular weight excluding hydrogens is 306 g/mol. The number of ether oxygens (including phenoxy) is 1. The van der Waals surface area contributed by atoms with Crippen molar-refractivity contribution in [2.45, 2.75) is 19.8 Å². The number of methoxy groups -OCH3 is 1. The predicted octanol–water partition coefficient (Wildman–Crippen LogP) is 2.89. The molecule has 19 heavy (non-hydrogen) atoms. The third kappa shape index (κ3) is 2.82. The van der Waals surface area contributed by atoms with Gasteiger partial charge in [-0.05, 0) is 47.0 Å². The zero-order chi connectivity index (χ0) is 14.0. The summed E-state index contributed by atoms with van der Waals surface area (Å²) in [6, 6.07) is 4.17. The number of aryl methyl sites for hydroxylation is 2. The molecule has 0 saturated carbocycles. The second-order valence-corrected chi connectivity index (χ2v) is 5.44. The summed E-state index contributed by atoms with van der Waals surface area (Å²) in [6.07, 6.45) is 1.74. The van der Waals surface area contributed by atoms with Gasteiger partial charge in [0.1, 0.15) is 16.2 Å². The molecule has 0 spiro atoms. The van der Waals surface area contributed by atoms with Crippen molar-refractivity contribution in [3.05, 3.63) is 45.4 Å². The van der Waals surface area contributed by atoms with Crippen LogP contribution < -0.4 is 10.5 Å². The van der Waals surface area contributed by atoms with Crippen LogP contribution in [0.1, 0.15) is 28.4 Å². The number of aromatic amines is 1. The topological polar surface area (TPSA) is 63.9 Å². The van der Waals surface area contributed by atoms with E-state index in [9.17, 15) is 0 Å². The number of nitrogens with zero attached hydrogens (tertiary/aromatic N) is 1. The van der Waals surface area contributed by atoms with Crippen LogP contribution in [0.5, 0.6) is 5.75 Å². The molecule has 0 amide bonds. The molecule has 2 aromatic rings. The molecule has 0 radical (unpaired) electrons. The number of rotatable bonds is 4. The average molecular weight is 324 g/mol. The molecule has 0 aliphatic rings. The summed E-state index contributed by atoms with van der Waals surface area (Å²) in [5, 5.41) is 0. The zero-order valence-electron chi connectivity index (χ0n) is 11.3. The Morgan fingerprint density at radius 3 is 2.58 bits per heavy atom. The fourth-order valence-corrected chi connectivity index (χ4v) is 2.44. The van der Waals surface area contributed by atoms with Gasteiger partial charge in [-0.15, -0.1) is 0 Å². The summed E-state index contributed by atoms with van der Waals surface area (Å²) in [6.45, 7) is 4.63. The molecule has 1 heterocycles. The number of aromatic nitrogens is 2. The molecule has 0 aliphatic carbocycles. The number of imidazole rings is 1. The van der Waals surface area contributed by atoms with Crippen molar-refractivity contribution in [1.82, 2.24) is 9.97 Å². The van der Waals surface area contributed by atoms with Crippen LogP contribution in [0.4, 0.5) is 0 Å². The maximum absolute atomic E-state index is 5.93. The average Bonchev–Trinajstić information content (AvgIpc) is 2.81. The van der Waals surface area contributed by atoms with Gasteiger partial charge in [0.25, 0.3) is 0 Å². The third-order valence-corrected chi connectivity index (χ3v) is 3.75. The smallest absolute Gasteiger partial charge is 0.123 e. The van der Waals surface area contributed by atoms with Crippen molar-refractivity contribution < 1.29 is 4.74 Å². The van der Waals surface area contributed by atoms with Gasteiger partial charge in [0.2, 0.25) is 0 Å². The van der Waals surface area contributed by atoms with E-state index in [1.54, 1.807) is 13.3 Å². The van der Waals surface area contributed by atoms with Crippen LogP contribution in [0.15, 0.2) is 22.9 Å². The minimum atomic E-state index is 0.000509. The lowest BCUT2D eigenvalue weighted by Gasteiger charge is -2.18. The van der Waals surface area contributed by atoms with Crippen molar-refractivity contribution in [1.29, 1.82) is 0 Å². The van der Waals surface area contributed by atoms with Gasteiger partial charge in [-0.3, -0.25) is 0 Å². The van der Waals surface area contributed by atoms with Crippen LogP contribution in [0, 0.1) is 13.8 Å². The predicted molar refractivity (Wildman–Crippen MR) is 79.7 cm³/mol. The van der Waals surface area contributed by atoms with Crippen molar-refractivity contribution in [2.24, 2.45) is 5.73 Å². The maximum Gasteiger partial charge on any atom is 0.123 e. The van der Waals surface area contributed by atoms with E-state index in [1.807, 2.05) is 6.07 Å². The van der Waals surface area contributed by atoms with Gasteiger partial charge < -0.3 is 15.5 Å². The Balaban J connectivity index is 2.51. The van der Waals surface area contributed by atoms with Gasteiger partial charge in [-0.2, -0.15) is 0 Å². The Kier molecular flexibility index (Phi) is 4.27. The van der Waals surface area contributed by atoms with Gasteiger partial charge >= 0.3 is 0 Å². The lowest BCUT2D eigenvalue weighted by Crippen LogP contribution is -2.16. The minimum absolute atomic E-state index is 0.000509. The van der Waals surface area contributed by atoms with E-state index in [1.165, 1.54) is 11.1 Å². The standard InChI is InChI=1S/C14H18BrN3O/c1-8-4-10(12(19-3)5-9(8)2)11(6-16)14-17-7-13(15)18-14/h4-5,7,11H,6,16H2,1-3H3,(H,17,18). The van der Waals surface area contributed by atoms with Gasteiger partial charge in [0.15, 0.2) is 0 Å². The molecule has 102 valence electrons. The van der Waals surface area contributed by atoms with Crippen molar-refractivity contribution in [2.75, 3.05) is 13.7 Å². The fraction of sp³-hybridized carbons (Fsp3) is 0.357. The van der Waals surface area contributed by atoms with Crippen LogP contribution in [0.3, 0.4) is 0 Å². The van der Waals surface area contributed by atoms with Gasteiger partial charge in [-0.25, -0.2) is 4.98 Å². The summed E-state index contributed by atoms with van der Waals surface area (Å²) in [5.41, 5.74) is 9.42. The van der Waals surface area contributed by atoms with E-state index in [-0.39, 0.29) is 5.92 Å². The largest absolute Gasteiger partial charge is 0.496 e. The molecule has 0 saturated heterocycles. The Morgan fingerprint density at radius 1 is 1.37 bits per heavy atom. The molecule has 1 aromatic carbocycles. The molecule has 1 aromatic heterocycles. The quantitative estimate of drug-likeness (QED) is 0.909. The number of nitrogens with two attached hydrogens (primary N) is 1. The molecule has 1 atom stereocenters. The SMILES string of the molecule is COc1cc(C)c(C)cc1C(CN)c1ncc(Br)[nH]1. The van der Waals surface area contributed by atoms with E-state index < -0.39 is 0 Å². The Bertz CT molecular complexity index is 580. The van der Waals surface area contributed by atoms with Crippen LogP contribution in [-0.2, 0) is 0 Å². The lowest BCUT2D eigenvalue weighted by molar-refractivity contribution is 0.406.